The van der Waals surface area contributed by atoms with Crippen LogP contribution in [0.3, 0.4) is 0 Å². The van der Waals surface area contributed by atoms with E-state index in [1.165, 1.54) is 0 Å². The molecular formula is C20H17ClN2O4. The molecule has 4 rings (SSSR count). The first-order chi connectivity index (χ1) is 13.0. The summed E-state index contributed by atoms with van der Waals surface area (Å²) in [4.78, 5) is 16.9. The first-order valence-corrected chi connectivity index (χ1v) is 8.80. The van der Waals surface area contributed by atoms with Crippen LogP contribution in [0, 0.1) is 13.8 Å². The largest absolute Gasteiger partial charge is 0.454 e. The Hall–Kier alpha value is -2.99. The van der Waals surface area contributed by atoms with Crippen molar-refractivity contribution >= 4 is 23.2 Å². The Balaban J connectivity index is 1.50. The third-order valence-corrected chi connectivity index (χ3v) is 4.54. The van der Waals surface area contributed by atoms with Crippen LogP contribution in [-0.4, -0.2) is 17.7 Å². The van der Waals surface area contributed by atoms with Crippen LogP contribution < -0.4 is 14.8 Å². The molecule has 2 heterocycles. The van der Waals surface area contributed by atoms with Gasteiger partial charge in [0.2, 0.25) is 18.6 Å². The summed E-state index contributed by atoms with van der Waals surface area (Å²) < 4.78 is 16.4. The number of hydrogen-bond acceptors (Lipinski definition) is 5. The summed E-state index contributed by atoms with van der Waals surface area (Å²) in [6, 6.07) is 10.8. The van der Waals surface area contributed by atoms with Crippen molar-refractivity contribution in [2.45, 2.75) is 20.3 Å². The first-order valence-electron chi connectivity index (χ1n) is 8.42. The number of carbonyl (C=O) groups is 1. The molecular weight excluding hydrogens is 368 g/mol. The molecule has 7 heteroatoms. The fraction of sp³-hybridized carbons (Fsp3) is 0.200. The number of nitrogens with one attached hydrogen (secondary N) is 1. The molecule has 2 aromatic carbocycles. The van der Waals surface area contributed by atoms with E-state index in [4.69, 9.17) is 25.5 Å². The highest BCUT2D eigenvalue weighted by Crippen LogP contribution is 2.36. The first kappa shape index (κ1) is 17.4. The predicted octanol–water partition coefficient (Wildman–Crippen LogP) is 4.52. The summed E-state index contributed by atoms with van der Waals surface area (Å²) in [7, 11) is 0. The van der Waals surface area contributed by atoms with Gasteiger partial charge in [-0.15, -0.1) is 0 Å². The molecule has 27 heavy (non-hydrogen) atoms. The van der Waals surface area contributed by atoms with Crippen LogP contribution in [-0.2, 0) is 11.2 Å². The maximum Gasteiger partial charge on any atom is 0.231 e. The Morgan fingerprint density at radius 1 is 1.15 bits per heavy atom. The van der Waals surface area contributed by atoms with Crippen molar-refractivity contribution in [1.29, 1.82) is 0 Å². The molecule has 138 valence electrons. The zero-order valence-corrected chi connectivity index (χ0v) is 15.6. The van der Waals surface area contributed by atoms with Gasteiger partial charge in [0.15, 0.2) is 11.5 Å². The molecule has 0 saturated carbocycles. The summed E-state index contributed by atoms with van der Waals surface area (Å²) >= 11 is 5.95. The highest BCUT2D eigenvalue weighted by Gasteiger charge is 2.19. The summed E-state index contributed by atoms with van der Waals surface area (Å²) in [5, 5.41) is 3.51. The zero-order chi connectivity index (χ0) is 19.0. The minimum absolute atomic E-state index is 0.113. The van der Waals surface area contributed by atoms with Crippen LogP contribution in [0.2, 0.25) is 5.02 Å². The summed E-state index contributed by atoms with van der Waals surface area (Å²) in [5.74, 6) is 2.22. The molecule has 0 aliphatic carbocycles. The number of ether oxygens (including phenoxy) is 2. The van der Waals surface area contributed by atoms with Crippen molar-refractivity contribution in [2.24, 2.45) is 0 Å². The van der Waals surface area contributed by atoms with Crippen molar-refractivity contribution in [1.82, 2.24) is 4.98 Å². The summed E-state index contributed by atoms with van der Waals surface area (Å²) in [5.41, 5.74) is 2.98. The zero-order valence-electron chi connectivity index (χ0n) is 14.8. The number of fused-ring (bicyclic) bond motifs is 1. The second-order valence-corrected chi connectivity index (χ2v) is 6.71. The molecule has 0 radical (unpaired) electrons. The standard InChI is InChI=1S/C20H17ClN2O4/c1-11-7-14(21)4-5-15(11)22-19(24)9-16-12(2)27-20(23-16)13-3-6-17-18(8-13)26-10-25-17/h3-8H,9-10H2,1-2H3,(H,22,24). The van der Waals surface area contributed by atoms with Crippen LogP contribution in [0.5, 0.6) is 11.5 Å². The normalized spacial score (nSPS) is 12.3. The molecule has 1 aromatic heterocycles. The minimum atomic E-state index is -0.172. The number of halogens is 1. The SMILES string of the molecule is Cc1cc(Cl)ccc1NC(=O)Cc1nc(-c2ccc3c(c2)OCO3)oc1C. The third-order valence-electron chi connectivity index (χ3n) is 4.30. The highest BCUT2D eigenvalue weighted by molar-refractivity contribution is 6.30. The molecule has 1 aliphatic heterocycles. The van der Waals surface area contributed by atoms with Gasteiger partial charge in [0, 0.05) is 16.3 Å². The maximum atomic E-state index is 12.4. The number of hydrogen-bond donors (Lipinski definition) is 1. The number of oxazole rings is 1. The summed E-state index contributed by atoms with van der Waals surface area (Å²) in [6.07, 6.45) is 0.113. The molecule has 0 unspecified atom stereocenters. The molecule has 1 N–H and O–H groups in total. The second-order valence-electron chi connectivity index (χ2n) is 6.27. The number of carbonyl (C=O) groups excluding carboxylic acids is 1. The molecule has 0 atom stereocenters. The Bertz CT molecular complexity index is 1030. The van der Waals surface area contributed by atoms with Gasteiger partial charge in [0.25, 0.3) is 0 Å². The molecule has 3 aromatic rings. The van der Waals surface area contributed by atoms with Crippen molar-refractivity contribution in [2.75, 3.05) is 12.1 Å². The molecule has 0 fully saturated rings. The van der Waals surface area contributed by atoms with Gasteiger partial charge in [0.1, 0.15) is 5.76 Å². The average Bonchev–Trinajstić information content (AvgIpc) is 3.23. The Morgan fingerprint density at radius 3 is 2.78 bits per heavy atom. The van der Waals surface area contributed by atoms with Gasteiger partial charge in [-0.2, -0.15) is 0 Å². The van der Waals surface area contributed by atoms with Crippen molar-refractivity contribution in [3.05, 3.63) is 58.4 Å². The Labute approximate surface area is 161 Å². The van der Waals surface area contributed by atoms with Crippen LogP contribution >= 0.6 is 11.6 Å². The van der Waals surface area contributed by atoms with Gasteiger partial charge < -0.3 is 19.2 Å². The van der Waals surface area contributed by atoms with E-state index in [-0.39, 0.29) is 19.1 Å². The number of anilines is 1. The molecule has 0 saturated heterocycles. The third kappa shape index (κ3) is 3.61. The number of rotatable bonds is 4. The Morgan fingerprint density at radius 2 is 1.96 bits per heavy atom. The number of amides is 1. The van der Waals surface area contributed by atoms with E-state index in [0.29, 0.717) is 33.9 Å². The van der Waals surface area contributed by atoms with Crippen molar-refractivity contribution in [3.8, 4) is 23.0 Å². The van der Waals surface area contributed by atoms with Crippen LogP contribution in [0.1, 0.15) is 17.0 Å². The maximum absolute atomic E-state index is 12.4. The quantitative estimate of drug-likeness (QED) is 0.715. The topological polar surface area (TPSA) is 73.6 Å². The number of aromatic nitrogens is 1. The van der Waals surface area contributed by atoms with Gasteiger partial charge in [-0.05, 0) is 55.8 Å². The van der Waals surface area contributed by atoms with Crippen molar-refractivity contribution < 1.29 is 18.7 Å². The monoisotopic (exact) mass is 384 g/mol. The fourth-order valence-corrected chi connectivity index (χ4v) is 3.09. The molecule has 0 bridgehead atoms. The lowest BCUT2D eigenvalue weighted by Gasteiger charge is -2.08. The number of nitrogens with zero attached hydrogens (tertiary/aromatic N) is 1. The highest BCUT2D eigenvalue weighted by atomic mass is 35.5. The lowest BCUT2D eigenvalue weighted by Crippen LogP contribution is -2.15. The lowest BCUT2D eigenvalue weighted by atomic mass is 10.2. The number of aryl methyl sites for hydroxylation is 2. The van der Waals surface area contributed by atoms with Gasteiger partial charge in [0.05, 0.1) is 12.1 Å². The van der Waals surface area contributed by atoms with Gasteiger partial charge in [-0.1, -0.05) is 11.6 Å². The minimum Gasteiger partial charge on any atom is -0.454 e. The van der Waals surface area contributed by atoms with E-state index in [0.717, 1.165) is 16.8 Å². The average molecular weight is 385 g/mol. The van der Waals surface area contributed by atoms with E-state index < -0.39 is 0 Å². The molecule has 1 amide bonds. The summed E-state index contributed by atoms with van der Waals surface area (Å²) in [6.45, 7) is 3.89. The van der Waals surface area contributed by atoms with E-state index in [1.807, 2.05) is 25.1 Å². The van der Waals surface area contributed by atoms with Crippen LogP contribution in [0.15, 0.2) is 40.8 Å². The second kappa shape index (κ2) is 6.96. The fourth-order valence-electron chi connectivity index (χ4n) is 2.86. The van der Waals surface area contributed by atoms with E-state index in [1.54, 1.807) is 25.1 Å². The van der Waals surface area contributed by atoms with Gasteiger partial charge in [-0.25, -0.2) is 4.98 Å². The van der Waals surface area contributed by atoms with Crippen LogP contribution in [0.4, 0.5) is 5.69 Å². The molecule has 1 aliphatic rings. The van der Waals surface area contributed by atoms with Crippen LogP contribution in [0.25, 0.3) is 11.5 Å². The van der Waals surface area contributed by atoms with E-state index >= 15 is 0 Å². The van der Waals surface area contributed by atoms with E-state index in [2.05, 4.69) is 10.3 Å². The predicted molar refractivity (Wildman–Crippen MR) is 101 cm³/mol. The van der Waals surface area contributed by atoms with Crippen molar-refractivity contribution in [3.63, 3.8) is 0 Å². The Kier molecular flexibility index (Phi) is 4.49. The molecule has 0 spiro atoms. The van der Waals surface area contributed by atoms with E-state index in [9.17, 15) is 4.79 Å². The smallest absolute Gasteiger partial charge is 0.231 e. The lowest BCUT2D eigenvalue weighted by molar-refractivity contribution is -0.115. The number of benzene rings is 2. The molecule has 6 nitrogen and oxygen atoms in total. The van der Waals surface area contributed by atoms with Gasteiger partial charge in [-0.3, -0.25) is 4.79 Å². The van der Waals surface area contributed by atoms with Gasteiger partial charge >= 0.3 is 0 Å².